The first-order valence-corrected chi connectivity index (χ1v) is 13.5. The summed E-state index contributed by atoms with van der Waals surface area (Å²) in [5.74, 6) is -1.64. The number of benzene rings is 2. The molecule has 4 rings (SSSR count). The van der Waals surface area contributed by atoms with Crippen LogP contribution in [0.5, 0.6) is 0 Å². The second-order valence-electron chi connectivity index (χ2n) is 10.0. The Hall–Kier alpha value is -4.74. The van der Waals surface area contributed by atoms with Crippen molar-refractivity contribution < 1.29 is 38.2 Å². The van der Waals surface area contributed by atoms with Crippen molar-refractivity contribution in [3.05, 3.63) is 48.5 Å². The third-order valence-electron chi connectivity index (χ3n) is 6.74. The molecule has 2 aliphatic heterocycles. The van der Waals surface area contributed by atoms with E-state index < -0.39 is 12.2 Å². The number of hydrogen-bond donors (Lipinski definition) is 2. The number of rotatable bonds is 10. The second kappa shape index (κ2) is 13.1. The lowest BCUT2D eigenvalue weighted by Crippen LogP contribution is -2.29. The van der Waals surface area contributed by atoms with E-state index >= 15 is 0 Å². The normalized spacial score (nSPS) is 18.6. The van der Waals surface area contributed by atoms with Gasteiger partial charge in [-0.1, -0.05) is 13.8 Å². The molecular weight excluding hydrogens is 532 g/mol. The van der Waals surface area contributed by atoms with Gasteiger partial charge in [-0.05, 0) is 67.8 Å². The molecule has 2 aliphatic rings. The lowest BCUT2D eigenvalue weighted by molar-refractivity contribution is -0.123. The number of imide groups is 2. The van der Waals surface area contributed by atoms with E-state index in [4.69, 9.17) is 9.47 Å². The minimum Gasteiger partial charge on any atom is -0.449 e. The van der Waals surface area contributed by atoms with Gasteiger partial charge in [0.25, 0.3) is 0 Å². The zero-order valence-corrected chi connectivity index (χ0v) is 22.9. The molecule has 2 aromatic carbocycles. The number of ether oxygens (including phenoxy) is 2. The monoisotopic (exact) mass is 564 g/mol. The van der Waals surface area contributed by atoms with Gasteiger partial charge in [0.1, 0.15) is 0 Å². The third kappa shape index (κ3) is 7.27. The molecule has 0 aliphatic carbocycles. The molecule has 0 spiro atoms. The first-order valence-electron chi connectivity index (χ1n) is 13.5. The summed E-state index contributed by atoms with van der Waals surface area (Å²) in [7, 11) is 0. The predicted molar refractivity (Wildman–Crippen MR) is 149 cm³/mol. The number of hydrogen-bond acceptors (Lipinski definition) is 8. The van der Waals surface area contributed by atoms with Crippen LogP contribution in [-0.4, -0.2) is 49.0 Å². The van der Waals surface area contributed by atoms with E-state index in [1.165, 1.54) is 0 Å². The first kappa shape index (κ1) is 29.2. The molecule has 0 radical (unpaired) electrons. The van der Waals surface area contributed by atoms with Crippen LogP contribution in [-0.2, 0) is 28.7 Å². The topological polar surface area (TPSA) is 151 Å². The van der Waals surface area contributed by atoms with Gasteiger partial charge in [-0.15, -0.1) is 0 Å². The number of amides is 6. The van der Waals surface area contributed by atoms with Crippen molar-refractivity contribution in [2.75, 3.05) is 33.6 Å². The Bertz CT molecular complexity index is 1220. The lowest BCUT2D eigenvalue weighted by Gasteiger charge is -2.15. The lowest BCUT2D eigenvalue weighted by atomic mass is 10.1. The predicted octanol–water partition coefficient (Wildman–Crippen LogP) is 4.45. The Labute approximate surface area is 236 Å². The van der Waals surface area contributed by atoms with Crippen molar-refractivity contribution in [2.24, 2.45) is 11.8 Å². The zero-order valence-electron chi connectivity index (χ0n) is 22.9. The summed E-state index contributed by atoms with van der Waals surface area (Å²) in [6.45, 7) is 3.78. The summed E-state index contributed by atoms with van der Waals surface area (Å²) in [4.78, 5) is 74.7. The highest BCUT2D eigenvalue weighted by Gasteiger charge is 2.37. The fraction of sp³-hybridized carbons (Fsp3) is 0.379. The molecule has 2 N–H and O–H groups in total. The average Bonchev–Trinajstić information content (AvgIpc) is 3.35. The molecule has 0 aromatic heterocycles. The van der Waals surface area contributed by atoms with E-state index in [1.807, 2.05) is 0 Å². The number of unbranched alkanes of at least 4 members (excludes halogenated alkanes) is 2. The molecule has 2 atom stereocenters. The Morgan fingerprint density at radius 2 is 1.02 bits per heavy atom. The summed E-state index contributed by atoms with van der Waals surface area (Å²) in [5.41, 5.74) is 1.85. The summed E-state index contributed by atoms with van der Waals surface area (Å²) >= 11 is 0. The fourth-order valence-corrected chi connectivity index (χ4v) is 4.52. The van der Waals surface area contributed by atoms with E-state index in [0.717, 1.165) is 9.80 Å². The minimum absolute atomic E-state index is 0.179. The van der Waals surface area contributed by atoms with Gasteiger partial charge < -0.3 is 9.47 Å². The SMILES string of the molecule is CC1CC(=O)N(c2ccc(NC(=O)OCCCCCOC(=O)Nc3ccc(N4C(=O)CC(C)C4=O)cc3)cc2)C1=O. The molecule has 216 valence electrons. The van der Waals surface area contributed by atoms with Crippen LogP contribution in [0, 0.1) is 11.8 Å². The number of nitrogens with one attached hydrogen (secondary N) is 2. The van der Waals surface area contributed by atoms with Crippen LogP contribution >= 0.6 is 0 Å². The van der Waals surface area contributed by atoms with E-state index in [9.17, 15) is 28.8 Å². The van der Waals surface area contributed by atoms with E-state index in [2.05, 4.69) is 10.6 Å². The maximum atomic E-state index is 12.1. The maximum absolute atomic E-state index is 12.1. The van der Waals surface area contributed by atoms with Gasteiger partial charge in [0, 0.05) is 36.1 Å². The molecule has 2 aromatic rings. The Morgan fingerprint density at radius 1 is 0.659 bits per heavy atom. The number of carbonyl (C=O) groups is 6. The Balaban J connectivity index is 1.07. The molecule has 0 bridgehead atoms. The van der Waals surface area contributed by atoms with Crippen LogP contribution in [0.1, 0.15) is 46.0 Å². The van der Waals surface area contributed by atoms with Gasteiger partial charge in [0.2, 0.25) is 23.6 Å². The fourth-order valence-electron chi connectivity index (χ4n) is 4.52. The largest absolute Gasteiger partial charge is 0.449 e. The number of anilines is 4. The molecular formula is C29H32N4O8. The quantitative estimate of drug-likeness (QED) is 0.317. The molecule has 41 heavy (non-hydrogen) atoms. The van der Waals surface area contributed by atoms with E-state index in [0.29, 0.717) is 42.0 Å². The van der Waals surface area contributed by atoms with Crippen LogP contribution in [0.25, 0.3) is 0 Å². The van der Waals surface area contributed by atoms with Crippen molar-refractivity contribution in [1.29, 1.82) is 0 Å². The third-order valence-corrected chi connectivity index (χ3v) is 6.74. The van der Waals surface area contributed by atoms with Crippen LogP contribution in [0.2, 0.25) is 0 Å². The van der Waals surface area contributed by atoms with Crippen molar-refractivity contribution in [2.45, 2.75) is 46.0 Å². The maximum Gasteiger partial charge on any atom is 0.411 e. The van der Waals surface area contributed by atoms with Crippen molar-refractivity contribution in [3.8, 4) is 0 Å². The Morgan fingerprint density at radius 3 is 1.34 bits per heavy atom. The van der Waals surface area contributed by atoms with Gasteiger partial charge in [0.15, 0.2) is 0 Å². The van der Waals surface area contributed by atoms with Gasteiger partial charge >= 0.3 is 12.2 Å². The molecule has 2 fully saturated rings. The molecule has 2 unspecified atom stereocenters. The van der Waals surface area contributed by atoms with Gasteiger partial charge in [-0.2, -0.15) is 0 Å². The molecule has 12 heteroatoms. The zero-order chi connectivity index (χ0) is 29.5. The molecule has 6 amide bonds. The summed E-state index contributed by atoms with van der Waals surface area (Å²) < 4.78 is 10.3. The van der Waals surface area contributed by atoms with Gasteiger partial charge in [-0.3, -0.25) is 39.6 Å². The summed E-state index contributed by atoms with van der Waals surface area (Å²) in [5, 5.41) is 5.19. The number of carbonyl (C=O) groups excluding carboxylic acids is 6. The number of nitrogens with zero attached hydrogens (tertiary/aromatic N) is 2. The molecule has 2 heterocycles. The highest BCUT2D eigenvalue weighted by atomic mass is 16.6. The summed E-state index contributed by atoms with van der Waals surface area (Å²) in [6.07, 6.45) is 0.922. The van der Waals surface area contributed by atoms with E-state index in [1.54, 1.807) is 62.4 Å². The van der Waals surface area contributed by atoms with Crippen molar-refractivity contribution in [3.63, 3.8) is 0 Å². The molecule has 12 nitrogen and oxygen atoms in total. The smallest absolute Gasteiger partial charge is 0.411 e. The minimum atomic E-state index is -0.630. The second-order valence-corrected chi connectivity index (χ2v) is 10.0. The van der Waals surface area contributed by atoms with Crippen molar-refractivity contribution in [1.82, 2.24) is 0 Å². The van der Waals surface area contributed by atoms with Crippen LogP contribution in [0.4, 0.5) is 32.3 Å². The average molecular weight is 565 g/mol. The van der Waals surface area contributed by atoms with Crippen molar-refractivity contribution >= 4 is 58.6 Å². The van der Waals surface area contributed by atoms with Crippen LogP contribution in [0.15, 0.2) is 48.5 Å². The highest BCUT2D eigenvalue weighted by molar-refractivity contribution is 6.21. The Kier molecular flexibility index (Phi) is 9.33. The van der Waals surface area contributed by atoms with Gasteiger partial charge in [-0.25, -0.2) is 9.59 Å². The summed E-state index contributed by atoms with van der Waals surface area (Å²) in [6, 6.07) is 12.7. The van der Waals surface area contributed by atoms with E-state index in [-0.39, 0.29) is 61.5 Å². The van der Waals surface area contributed by atoms with Crippen LogP contribution in [0.3, 0.4) is 0 Å². The standard InChI is InChI=1S/C29H32N4O8/c1-18-16-24(34)32(26(18)36)22-10-6-20(7-11-22)30-28(38)40-14-4-3-5-15-41-29(39)31-21-8-12-23(13-9-21)33-25(35)17-19(2)27(33)37/h6-13,18-19H,3-5,14-17H2,1-2H3,(H,30,38)(H,31,39). The molecule has 2 saturated heterocycles. The van der Waals surface area contributed by atoms with Crippen LogP contribution < -0.4 is 20.4 Å². The first-order chi connectivity index (χ1) is 19.6. The molecule has 0 saturated carbocycles. The highest BCUT2D eigenvalue weighted by Crippen LogP contribution is 2.28. The van der Waals surface area contributed by atoms with Gasteiger partial charge in [0.05, 0.1) is 24.6 Å².